The van der Waals surface area contributed by atoms with Crippen molar-refractivity contribution in [2.45, 2.75) is 0 Å². The van der Waals surface area contributed by atoms with E-state index in [1.54, 1.807) is 0 Å². The van der Waals surface area contributed by atoms with E-state index in [4.69, 9.17) is 0 Å². The summed E-state index contributed by atoms with van der Waals surface area (Å²) in [5, 5.41) is 0. The van der Waals surface area contributed by atoms with Crippen molar-refractivity contribution in [1.29, 1.82) is 0 Å². The Balaban J connectivity index is 0. The van der Waals surface area contributed by atoms with Crippen LogP contribution in [-0.2, 0) is 17.4 Å². The predicted octanol–water partition coefficient (Wildman–Crippen LogP) is 2.71. The molecule has 1 nitrogen and oxygen atoms in total. The summed E-state index contributed by atoms with van der Waals surface area (Å²) in [5.41, 5.74) is 0. The molecule has 0 atom stereocenters. The smallest absolute Gasteiger partial charge is 0.000129 e. The van der Waals surface area contributed by atoms with Crippen molar-refractivity contribution in [2.24, 2.45) is 0 Å². The summed E-state index contributed by atoms with van der Waals surface area (Å²) in [4.78, 5) is 0. The van der Waals surface area contributed by atoms with E-state index in [9.17, 15) is 16.8 Å². The molecule has 0 aromatic carbocycles. The van der Waals surface area contributed by atoms with Gasteiger partial charge in [-0.25, -0.2) is 0 Å². The third kappa shape index (κ3) is 5.51. The van der Waals surface area contributed by atoms with Crippen molar-refractivity contribution in [3.63, 3.8) is 0 Å². The fourth-order valence-electron chi connectivity index (χ4n) is 0.0639. The van der Waals surface area contributed by atoms with Crippen molar-refractivity contribution in [3.8, 4) is 0 Å². The molecule has 0 rings (SSSR count). The van der Waals surface area contributed by atoms with E-state index in [1.807, 2.05) is 0 Å². The van der Waals surface area contributed by atoms with Gasteiger partial charge in [0.1, 0.15) is 0 Å². The number of rotatable bonds is 2. The monoisotopic (exact) mass is 221 g/mol. The minimum atomic E-state index is -3.88. The molecule has 0 saturated carbocycles. The first-order valence-electron chi connectivity index (χ1n) is 1.65. The van der Waals surface area contributed by atoms with E-state index in [-0.39, 0.29) is 21.8 Å². The SMILES string of the molecule is CN([PH+](F)F)[PH+](F)F.[Cr+3]. The minimum Gasteiger partial charge on any atom is -0.000129 e. The minimum absolute atomic E-state index is 0. The van der Waals surface area contributed by atoms with Gasteiger partial charge in [0.25, 0.3) is 0 Å². The van der Waals surface area contributed by atoms with Gasteiger partial charge in [-0.05, 0) is 16.8 Å². The van der Waals surface area contributed by atoms with Crippen LogP contribution in [0.4, 0.5) is 16.8 Å². The van der Waals surface area contributed by atoms with Crippen LogP contribution in [0.5, 0.6) is 0 Å². The maximum atomic E-state index is 11.3. The van der Waals surface area contributed by atoms with Crippen molar-refractivity contribution >= 4 is 17.4 Å². The molecule has 0 aromatic heterocycles. The van der Waals surface area contributed by atoms with Crippen LogP contribution in [0.3, 0.4) is 0 Å². The van der Waals surface area contributed by atoms with E-state index in [0.29, 0.717) is 0 Å². The van der Waals surface area contributed by atoms with Gasteiger partial charge in [0.15, 0.2) is 0 Å². The zero-order valence-electron chi connectivity index (χ0n) is 4.37. The van der Waals surface area contributed by atoms with Crippen LogP contribution < -0.4 is 0 Å². The Hall–Kier alpha value is 1.07. The summed E-state index contributed by atoms with van der Waals surface area (Å²) in [7, 11) is -7.03. The third-order valence-electron chi connectivity index (χ3n) is 0.507. The molecule has 1 radical (unpaired) electrons. The molecule has 53 valence electrons. The zero-order chi connectivity index (χ0) is 6.73. The normalized spacial score (nSPS) is 10.7. The third-order valence-corrected chi connectivity index (χ3v) is 2.54. The molecule has 0 fully saturated rings. The average molecular weight is 221 g/mol. The second-order valence-electron chi connectivity index (χ2n) is 1.04. The van der Waals surface area contributed by atoms with Gasteiger partial charge >= 0.3 is 34.7 Å². The first kappa shape index (κ1) is 12.7. The van der Waals surface area contributed by atoms with Crippen molar-refractivity contribution in [2.75, 3.05) is 7.05 Å². The largest absolute Gasteiger partial charge is 3.00 e. The molecule has 9 heavy (non-hydrogen) atoms. The van der Waals surface area contributed by atoms with Gasteiger partial charge < -0.3 is 0 Å². The van der Waals surface area contributed by atoms with Gasteiger partial charge in [-0.2, -0.15) is 0 Å². The molecular formula is CH5CrF4NP2+5. The predicted molar refractivity (Wildman–Crippen MR) is 28.8 cm³/mol. The quantitative estimate of drug-likeness (QED) is 0.511. The maximum absolute atomic E-state index is 11.3. The molecule has 0 amide bonds. The van der Waals surface area contributed by atoms with Crippen LogP contribution in [0.2, 0.25) is 0 Å². The fourth-order valence-corrected chi connectivity index (χ4v) is 0.575. The summed E-state index contributed by atoms with van der Waals surface area (Å²) in [6.07, 6.45) is 0. The molecule has 0 saturated heterocycles. The van der Waals surface area contributed by atoms with E-state index in [1.165, 1.54) is 0 Å². The first-order chi connectivity index (χ1) is 3.55. The standard InChI is InChI=1S/CH3F4NP2.Cr/c1-6(7(2)3)8(4)5;/h1H3;/q;+3/p+2. The van der Waals surface area contributed by atoms with Crippen LogP contribution in [0, 0.1) is 0 Å². The van der Waals surface area contributed by atoms with Crippen LogP contribution in [-0.4, -0.2) is 11.5 Å². The fraction of sp³-hybridized carbons (Fsp3) is 1.00. The van der Waals surface area contributed by atoms with Crippen molar-refractivity contribution in [1.82, 2.24) is 4.44 Å². The van der Waals surface area contributed by atoms with E-state index < -0.39 is 17.4 Å². The number of hydrogen-bond donors (Lipinski definition) is 0. The van der Waals surface area contributed by atoms with Crippen molar-refractivity contribution < 1.29 is 34.1 Å². The number of hydrogen-bond acceptors (Lipinski definition) is 1. The molecule has 0 heterocycles. The molecule has 0 aliphatic carbocycles. The van der Waals surface area contributed by atoms with Gasteiger partial charge in [0.05, 0.1) is 11.5 Å². The van der Waals surface area contributed by atoms with Gasteiger partial charge in [-0.15, -0.1) is 0 Å². The van der Waals surface area contributed by atoms with Crippen LogP contribution >= 0.6 is 17.4 Å². The number of nitrogens with zero attached hydrogens (tertiary/aromatic N) is 1. The van der Waals surface area contributed by atoms with Gasteiger partial charge in [0, 0.05) is 0 Å². The zero-order valence-corrected chi connectivity index (χ0v) is 7.64. The van der Waals surface area contributed by atoms with Gasteiger partial charge in [0.2, 0.25) is 0 Å². The average Bonchev–Trinajstić information content (AvgIpc) is 1.64. The second kappa shape index (κ2) is 5.83. The summed E-state index contributed by atoms with van der Waals surface area (Å²) < 4.78 is 44.9. The Morgan fingerprint density at radius 3 is 1.22 bits per heavy atom. The van der Waals surface area contributed by atoms with Gasteiger partial charge in [-0.3, -0.25) is 0 Å². The maximum Gasteiger partial charge on any atom is 3.00 e. The Morgan fingerprint density at radius 2 is 1.22 bits per heavy atom. The summed E-state index contributed by atoms with van der Waals surface area (Å²) in [6, 6.07) is 0. The summed E-state index contributed by atoms with van der Waals surface area (Å²) in [6.45, 7) is 0. The van der Waals surface area contributed by atoms with Gasteiger partial charge in [-0.1, -0.05) is 0 Å². The van der Waals surface area contributed by atoms with E-state index in [0.717, 1.165) is 7.05 Å². The van der Waals surface area contributed by atoms with E-state index in [2.05, 4.69) is 0 Å². The Bertz CT molecular complexity index is 63.6. The van der Waals surface area contributed by atoms with E-state index >= 15 is 0 Å². The Kier molecular flexibility index (Phi) is 8.24. The molecule has 0 N–H and O–H groups in total. The van der Waals surface area contributed by atoms with Crippen LogP contribution in [0.1, 0.15) is 0 Å². The molecule has 0 bridgehead atoms. The summed E-state index contributed by atoms with van der Waals surface area (Å²) >= 11 is 0. The first-order valence-corrected chi connectivity index (χ1v) is 4.06. The van der Waals surface area contributed by atoms with Crippen molar-refractivity contribution in [3.05, 3.63) is 0 Å². The molecule has 0 aliphatic heterocycles. The number of halogens is 4. The molecule has 0 spiro atoms. The molecule has 0 aromatic rings. The summed E-state index contributed by atoms with van der Waals surface area (Å²) in [5.74, 6) is 0. The van der Waals surface area contributed by atoms with Crippen LogP contribution in [0.25, 0.3) is 0 Å². The Labute approximate surface area is 63.6 Å². The second-order valence-corrected chi connectivity index (χ2v) is 3.79. The molecular weight excluding hydrogens is 216 g/mol. The topological polar surface area (TPSA) is 3.24 Å². The van der Waals surface area contributed by atoms with Crippen LogP contribution in [0.15, 0.2) is 0 Å². The Morgan fingerprint density at radius 1 is 1.00 bits per heavy atom. The molecule has 8 heteroatoms. The molecule has 0 aliphatic rings. The molecule has 0 unspecified atom stereocenters.